The van der Waals surface area contributed by atoms with Gasteiger partial charge in [0.2, 0.25) is 5.91 Å². The van der Waals surface area contributed by atoms with Gasteiger partial charge in [0.15, 0.2) is 11.5 Å². The number of methoxy groups -OCH3 is 1. The molecule has 0 aromatic heterocycles. The molecule has 0 radical (unpaired) electrons. The van der Waals surface area contributed by atoms with Crippen molar-refractivity contribution in [3.63, 3.8) is 0 Å². The standard InChI is InChI=1S/C17H16BrN3O4/c1-10(22)20-14-5-3-4-11(7-14)17(24)21-19-9-12-6-13(18)8-15(25-2)16(12)23/h3-9,23H,1-2H3,(H,20,22)(H,21,24)/b19-9-. The van der Waals surface area contributed by atoms with E-state index in [9.17, 15) is 14.7 Å². The van der Waals surface area contributed by atoms with Crippen LogP contribution in [-0.4, -0.2) is 30.2 Å². The molecule has 2 rings (SSSR count). The van der Waals surface area contributed by atoms with E-state index in [4.69, 9.17) is 4.74 Å². The summed E-state index contributed by atoms with van der Waals surface area (Å²) in [6.07, 6.45) is 1.30. The molecule has 0 heterocycles. The summed E-state index contributed by atoms with van der Waals surface area (Å²) in [7, 11) is 1.44. The first kappa shape index (κ1) is 18.5. The van der Waals surface area contributed by atoms with Crippen molar-refractivity contribution >= 4 is 39.6 Å². The van der Waals surface area contributed by atoms with Crippen molar-refractivity contribution in [3.05, 3.63) is 52.0 Å². The zero-order valence-corrected chi connectivity index (χ0v) is 15.1. The number of ether oxygens (including phenoxy) is 1. The number of phenols is 1. The van der Waals surface area contributed by atoms with Gasteiger partial charge < -0.3 is 15.2 Å². The number of hydrogen-bond acceptors (Lipinski definition) is 5. The quantitative estimate of drug-likeness (QED) is 0.525. The normalized spacial score (nSPS) is 10.5. The summed E-state index contributed by atoms with van der Waals surface area (Å²) in [5.41, 5.74) is 3.58. The minimum atomic E-state index is -0.454. The van der Waals surface area contributed by atoms with E-state index in [1.165, 1.54) is 26.3 Å². The summed E-state index contributed by atoms with van der Waals surface area (Å²) >= 11 is 3.30. The molecule has 130 valence electrons. The number of aromatic hydroxyl groups is 1. The van der Waals surface area contributed by atoms with Gasteiger partial charge in [0, 0.05) is 28.2 Å². The first-order chi connectivity index (χ1) is 11.9. The molecule has 7 nitrogen and oxygen atoms in total. The smallest absolute Gasteiger partial charge is 0.271 e. The van der Waals surface area contributed by atoms with Gasteiger partial charge in [-0.3, -0.25) is 9.59 Å². The summed E-state index contributed by atoms with van der Waals surface area (Å²) in [6.45, 7) is 1.38. The molecule has 0 atom stereocenters. The number of benzene rings is 2. The maximum atomic E-state index is 12.1. The van der Waals surface area contributed by atoms with Crippen molar-refractivity contribution < 1.29 is 19.4 Å². The summed E-state index contributed by atoms with van der Waals surface area (Å²) in [5, 5.41) is 16.5. The van der Waals surface area contributed by atoms with Gasteiger partial charge in [-0.05, 0) is 30.3 Å². The highest BCUT2D eigenvalue weighted by molar-refractivity contribution is 9.10. The second-order valence-corrected chi connectivity index (χ2v) is 5.92. The lowest BCUT2D eigenvalue weighted by Gasteiger charge is -2.07. The molecule has 0 aliphatic heterocycles. The van der Waals surface area contributed by atoms with Crippen molar-refractivity contribution in [2.24, 2.45) is 5.10 Å². The van der Waals surface area contributed by atoms with Gasteiger partial charge in [-0.1, -0.05) is 22.0 Å². The van der Waals surface area contributed by atoms with E-state index in [-0.39, 0.29) is 17.4 Å². The fourth-order valence-electron chi connectivity index (χ4n) is 2.01. The van der Waals surface area contributed by atoms with Crippen molar-refractivity contribution in [1.29, 1.82) is 0 Å². The second kappa shape index (κ2) is 8.29. The number of halogens is 1. The van der Waals surface area contributed by atoms with E-state index < -0.39 is 5.91 Å². The Morgan fingerprint density at radius 3 is 2.72 bits per heavy atom. The van der Waals surface area contributed by atoms with Crippen LogP contribution < -0.4 is 15.5 Å². The molecule has 0 saturated carbocycles. The molecule has 0 bridgehead atoms. The average molecular weight is 406 g/mol. The number of anilines is 1. The van der Waals surface area contributed by atoms with Gasteiger partial charge in [0.05, 0.1) is 13.3 Å². The Kier molecular flexibility index (Phi) is 6.13. The summed E-state index contributed by atoms with van der Waals surface area (Å²) in [5.74, 6) is -0.485. The first-order valence-corrected chi connectivity index (χ1v) is 7.97. The highest BCUT2D eigenvalue weighted by Gasteiger charge is 2.09. The summed E-state index contributed by atoms with van der Waals surface area (Å²) in [6, 6.07) is 9.69. The Morgan fingerprint density at radius 2 is 2.04 bits per heavy atom. The molecule has 0 spiro atoms. The van der Waals surface area contributed by atoms with E-state index >= 15 is 0 Å². The van der Waals surface area contributed by atoms with Crippen LogP contribution in [0.15, 0.2) is 46.0 Å². The third-order valence-electron chi connectivity index (χ3n) is 3.10. The van der Waals surface area contributed by atoms with Crippen molar-refractivity contribution in [3.8, 4) is 11.5 Å². The fraction of sp³-hybridized carbons (Fsp3) is 0.118. The van der Waals surface area contributed by atoms with Gasteiger partial charge >= 0.3 is 0 Å². The average Bonchev–Trinajstić information content (AvgIpc) is 2.57. The predicted octanol–water partition coefficient (Wildman–Crippen LogP) is 2.89. The van der Waals surface area contributed by atoms with Crippen molar-refractivity contribution in [2.75, 3.05) is 12.4 Å². The van der Waals surface area contributed by atoms with Crippen LogP contribution in [0.3, 0.4) is 0 Å². The van der Waals surface area contributed by atoms with E-state index in [2.05, 4.69) is 31.8 Å². The van der Waals surface area contributed by atoms with Crippen LogP contribution >= 0.6 is 15.9 Å². The maximum Gasteiger partial charge on any atom is 0.271 e. The highest BCUT2D eigenvalue weighted by Crippen LogP contribution is 2.32. The Labute approximate surface area is 152 Å². The number of nitrogens with zero attached hydrogens (tertiary/aromatic N) is 1. The highest BCUT2D eigenvalue weighted by atomic mass is 79.9. The van der Waals surface area contributed by atoms with Gasteiger partial charge in [0.1, 0.15) is 0 Å². The number of amides is 2. The fourth-order valence-corrected chi connectivity index (χ4v) is 2.47. The number of hydrogen-bond donors (Lipinski definition) is 3. The van der Waals surface area contributed by atoms with Gasteiger partial charge in [0.25, 0.3) is 5.91 Å². The van der Waals surface area contributed by atoms with Gasteiger partial charge in [-0.15, -0.1) is 0 Å². The first-order valence-electron chi connectivity index (χ1n) is 7.18. The zero-order valence-electron chi connectivity index (χ0n) is 13.5. The largest absolute Gasteiger partial charge is 0.504 e. The lowest BCUT2D eigenvalue weighted by Crippen LogP contribution is -2.18. The third-order valence-corrected chi connectivity index (χ3v) is 3.56. The molecule has 2 aromatic carbocycles. The lowest BCUT2D eigenvalue weighted by atomic mass is 10.2. The van der Waals surface area contributed by atoms with E-state index in [0.29, 0.717) is 21.3 Å². The minimum Gasteiger partial charge on any atom is -0.504 e. The van der Waals surface area contributed by atoms with Crippen LogP contribution in [0.5, 0.6) is 11.5 Å². The van der Waals surface area contributed by atoms with Crippen LogP contribution in [0.2, 0.25) is 0 Å². The van der Waals surface area contributed by atoms with Crippen LogP contribution in [0.1, 0.15) is 22.8 Å². The molecule has 2 amide bonds. The molecule has 0 aliphatic rings. The zero-order chi connectivity index (χ0) is 18.4. The van der Waals surface area contributed by atoms with Crippen LogP contribution in [0, 0.1) is 0 Å². The van der Waals surface area contributed by atoms with E-state index in [1.54, 1.807) is 30.3 Å². The molecule has 25 heavy (non-hydrogen) atoms. The van der Waals surface area contributed by atoms with Gasteiger partial charge in [-0.2, -0.15) is 5.10 Å². The number of hydrazone groups is 1. The number of carbonyl (C=O) groups excluding carboxylic acids is 2. The third kappa shape index (κ3) is 5.05. The molecular weight excluding hydrogens is 390 g/mol. The molecular formula is C17H16BrN3O4. The molecule has 2 aromatic rings. The minimum absolute atomic E-state index is 0.0867. The number of phenolic OH excluding ortho intramolecular Hbond substituents is 1. The Hall–Kier alpha value is -2.87. The van der Waals surface area contributed by atoms with E-state index in [0.717, 1.165) is 0 Å². The summed E-state index contributed by atoms with van der Waals surface area (Å²) < 4.78 is 5.74. The predicted molar refractivity (Wildman–Crippen MR) is 98.2 cm³/mol. The molecule has 3 N–H and O–H groups in total. The Balaban J connectivity index is 2.11. The number of rotatable bonds is 5. The SMILES string of the molecule is COc1cc(Br)cc(/C=N\NC(=O)c2cccc(NC(C)=O)c2)c1O. The van der Waals surface area contributed by atoms with Crippen LogP contribution in [0.25, 0.3) is 0 Å². The Bertz CT molecular complexity index is 837. The van der Waals surface area contributed by atoms with Crippen molar-refractivity contribution in [2.45, 2.75) is 6.92 Å². The topological polar surface area (TPSA) is 100 Å². The van der Waals surface area contributed by atoms with Gasteiger partial charge in [-0.25, -0.2) is 5.43 Å². The maximum absolute atomic E-state index is 12.1. The number of nitrogens with one attached hydrogen (secondary N) is 2. The second-order valence-electron chi connectivity index (χ2n) is 5.01. The molecule has 0 unspecified atom stereocenters. The number of carbonyl (C=O) groups is 2. The molecule has 0 saturated heterocycles. The lowest BCUT2D eigenvalue weighted by molar-refractivity contribution is -0.114. The van der Waals surface area contributed by atoms with Crippen molar-refractivity contribution in [1.82, 2.24) is 5.43 Å². The molecule has 8 heteroatoms. The Morgan fingerprint density at radius 1 is 1.28 bits per heavy atom. The van der Waals surface area contributed by atoms with Crippen LogP contribution in [-0.2, 0) is 4.79 Å². The molecule has 0 aliphatic carbocycles. The summed E-state index contributed by atoms with van der Waals surface area (Å²) in [4.78, 5) is 23.2. The van der Waals surface area contributed by atoms with E-state index in [1.807, 2.05) is 0 Å². The molecule has 0 fully saturated rings. The monoisotopic (exact) mass is 405 g/mol. The van der Waals surface area contributed by atoms with Crippen LogP contribution in [0.4, 0.5) is 5.69 Å².